The number of anilines is 2. The molecule has 2 rings (SSSR count). The summed E-state index contributed by atoms with van der Waals surface area (Å²) in [5, 5.41) is 0. The van der Waals surface area contributed by atoms with Crippen LogP contribution in [0.3, 0.4) is 0 Å². The number of aromatic nitrogens is 2. The third kappa shape index (κ3) is 2.64. The minimum Gasteiger partial charge on any atom is -0.481 e. The minimum atomic E-state index is 0.223. The van der Waals surface area contributed by atoms with Crippen LogP contribution in [-0.2, 0) is 4.74 Å². The standard InChI is InChI=1S/C12H20N4O2/c1-8-4-5-16(7-9(8)17-2)10-6-11(18-3)15-12(13)14-10/h6,8-9H,4-5,7H2,1-3H3,(H2,13,14,15). The van der Waals surface area contributed by atoms with Gasteiger partial charge in [0, 0.05) is 26.3 Å². The predicted molar refractivity (Wildman–Crippen MR) is 69.8 cm³/mol. The van der Waals surface area contributed by atoms with Crippen LogP contribution >= 0.6 is 0 Å². The lowest BCUT2D eigenvalue weighted by Crippen LogP contribution is -2.44. The first-order valence-corrected chi connectivity index (χ1v) is 6.10. The quantitative estimate of drug-likeness (QED) is 0.862. The molecule has 0 amide bonds. The van der Waals surface area contributed by atoms with Gasteiger partial charge in [-0.2, -0.15) is 9.97 Å². The molecule has 1 aromatic heterocycles. The number of hydrogen-bond acceptors (Lipinski definition) is 6. The zero-order chi connectivity index (χ0) is 13.1. The van der Waals surface area contributed by atoms with Crippen molar-refractivity contribution >= 4 is 11.8 Å². The number of methoxy groups -OCH3 is 2. The average Bonchev–Trinajstić information content (AvgIpc) is 2.38. The fraction of sp³-hybridized carbons (Fsp3) is 0.667. The number of rotatable bonds is 3. The zero-order valence-electron chi connectivity index (χ0n) is 11.1. The second-order valence-corrected chi connectivity index (χ2v) is 4.61. The zero-order valence-corrected chi connectivity index (χ0v) is 11.1. The van der Waals surface area contributed by atoms with Crippen molar-refractivity contribution in [3.05, 3.63) is 6.07 Å². The number of piperidine rings is 1. The van der Waals surface area contributed by atoms with Crippen LogP contribution in [0, 0.1) is 5.92 Å². The van der Waals surface area contributed by atoms with Gasteiger partial charge >= 0.3 is 0 Å². The van der Waals surface area contributed by atoms with Gasteiger partial charge in [0.1, 0.15) is 5.82 Å². The normalized spacial score (nSPS) is 24.1. The van der Waals surface area contributed by atoms with E-state index in [0.717, 1.165) is 25.3 Å². The molecule has 0 aromatic carbocycles. The van der Waals surface area contributed by atoms with E-state index < -0.39 is 0 Å². The van der Waals surface area contributed by atoms with Crippen LogP contribution in [0.4, 0.5) is 11.8 Å². The van der Waals surface area contributed by atoms with E-state index in [1.54, 1.807) is 20.3 Å². The van der Waals surface area contributed by atoms with Gasteiger partial charge in [-0.15, -0.1) is 0 Å². The smallest absolute Gasteiger partial charge is 0.225 e. The summed E-state index contributed by atoms with van der Waals surface area (Å²) in [6, 6.07) is 1.80. The molecule has 2 N–H and O–H groups in total. The Morgan fingerprint density at radius 1 is 1.39 bits per heavy atom. The number of ether oxygens (including phenoxy) is 2. The predicted octanol–water partition coefficient (Wildman–Crippen LogP) is 0.929. The lowest BCUT2D eigenvalue weighted by Gasteiger charge is -2.36. The largest absolute Gasteiger partial charge is 0.481 e. The number of nitrogens with zero attached hydrogens (tertiary/aromatic N) is 3. The first-order chi connectivity index (χ1) is 8.63. The van der Waals surface area contributed by atoms with Gasteiger partial charge in [0.25, 0.3) is 0 Å². The Kier molecular flexibility index (Phi) is 3.86. The summed E-state index contributed by atoms with van der Waals surface area (Å²) in [4.78, 5) is 10.4. The molecule has 2 atom stereocenters. The molecule has 0 saturated carbocycles. The lowest BCUT2D eigenvalue weighted by atomic mass is 9.96. The fourth-order valence-corrected chi connectivity index (χ4v) is 2.25. The molecule has 18 heavy (non-hydrogen) atoms. The Labute approximate surface area is 107 Å². The molecule has 0 bridgehead atoms. The van der Waals surface area contributed by atoms with E-state index in [2.05, 4.69) is 21.8 Å². The molecule has 1 aromatic rings. The van der Waals surface area contributed by atoms with Gasteiger partial charge < -0.3 is 20.1 Å². The van der Waals surface area contributed by atoms with Crippen LogP contribution < -0.4 is 15.4 Å². The van der Waals surface area contributed by atoms with E-state index in [0.29, 0.717) is 11.8 Å². The highest BCUT2D eigenvalue weighted by Crippen LogP contribution is 2.25. The van der Waals surface area contributed by atoms with E-state index in [9.17, 15) is 0 Å². The number of nitrogen functional groups attached to an aromatic ring is 1. The van der Waals surface area contributed by atoms with Crippen LogP contribution in [0.5, 0.6) is 5.88 Å². The molecule has 2 unspecified atom stereocenters. The Balaban J connectivity index is 2.18. The van der Waals surface area contributed by atoms with Crippen molar-refractivity contribution in [2.24, 2.45) is 5.92 Å². The second kappa shape index (κ2) is 5.39. The average molecular weight is 252 g/mol. The molecule has 6 nitrogen and oxygen atoms in total. The van der Waals surface area contributed by atoms with Crippen LogP contribution in [0.2, 0.25) is 0 Å². The minimum absolute atomic E-state index is 0.223. The van der Waals surface area contributed by atoms with Crippen molar-refractivity contribution in [2.75, 3.05) is 37.9 Å². The van der Waals surface area contributed by atoms with E-state index in [4.69, 9.17) is 15.2 Å². The van der Waals surface area contributed by atoms with E-state index in [-0.39, 0.29) is 12.1 Å². The first-order valence-electron chi connectivity index (χ1n) is 6.10. The second-order valence-electron chi connectivity index (χ2n) is 4.61. The summed E-state index contributed by atoms with van der Waals surface area (Å²) in [5.74, 6) is 2.09. The number of nitrogens with two attached hydrogens (primary N) is 1. The molecule has 2 heterocycles. The third-order valence-electron chi connectivity index (χ3n) is 3.43. The summed E-state index contributed by atoms with van der Waals surface area (Å²) >= 11 is 0. The molecule has 0 spiro atoms. The molecule has 0 radical (unpaired) electrons. The molecule has 1 aliphatic heterocycles. The lowest BCUT2D eigenvalue weighted by molar-refractivity contribution is 0.0496. The Morgan fingerprint density at radius 2 is 2.17 bits per heavy atom. The Morgan fingerprint density at radius 3 is 2.83 bits per heavy atom. The fourth-order valence-electron chi connectivity index (χ4n) is 2.25. The first kappa shape index (κ1) is 12.9. The Bertz CT molecular complexity index is 413. The summed E-state index contributed by atoms with van der Waals surface area (Å²) < 4.78 is 10.6. The van der Waals surface area contributed by atoms with Crippen molar-refractivity contribution in [3.63, 3.8) is 0 Å². The monoisotopic (exact) mass is 252 g/mol. The van der Waals surface area contributed by atoms with E-state index in [1.807, 2.05) is 0 Å². The molecule has 100 valence electrons. The maximum absolute atomic E-state index is 5.68. The molecule has 1 fully saturated rings. The Hall–Kier alpha value is -1.56. The molecular weight excluding hydrogens is 232 g/mol. The molecule has 0 aliphatic carbocycles. The van der Waals surface area contributed by atoms with Crippen molar-refractivity contribution < 1.29 is 9.47 Å². The van der Waals surface area contributed by atoms with Crippen LogP contribution in [0.15, 0.2) is 6.07 Å². The van der Waals surface area contributed by atoms with Crippen molar-refractivity contribution in [2.45, 2.75) is 19.4 Å². The highest BCUT2D eigenvalue weighted by Gasteiger charge is 2.27. The van der Waals surface area contributed by atoms with Gasteiger partial charge in [-0.05, 0) is 12.3 Å². The highest BCUT2D eigenvalue weighted by atomic mass is 16.5. The molecule has 1 saturated heterocycles. The SMILES string of the molecule is COc1cc(N2CCC(C)C(OC)C2)nc(N)n1. The summed E-state index contributed by atoms with van der Waals surface area (Å²) in [7, 11) is 3.32. The third-order valence-corrected chi connectivity index (χ3v) is 3.43. The van der Waals surface area contributed by atoms with Crippen LogP contribution in [0.1, 0.15) is 13.3 Å². The van der Waals surface area contributed by atoms with Gasteiger partial charge in [0.05, 0.1) is 13.2 Å². The van der Waals surface area contributed by atoms with E-state index in [1.165, 1.54) is 0 Å². The van der Waals surface area contributed by atoms with Gasteiger partial charge in [-0.1, -0.05) is 6.92 Å². The van der Waals surface area contributed by atoms with Gasteiger partial charge in [0.2, 0.25) is 11.8 Å². The van der Waals surface area contributed by atoms with Crippen molar-refractivity contribution in [3.8, 4) is 5.88 Å². The topological polar surface area (TPSA) is 73.5 Å². The summed E-state index contributed by atoms with van der Waals surface area (Å²) in [6.45, 7) is 3.97. The number of hydrogen-bond donors (Lipinski definition) is 1. The maximum atomic E-state index is 5.68. The molecule has 1 aliphatic rings. The molecule has 6 heteroatoms. The van der Waals surface area contributed by atoms with E-state index >= 15 is 0 Å². The summed E-state index contributed by atoms with van der Waals surface area (Å²) in [6.07, 6.45) is 1.30. The highest BCUT2D eigenvalue weighted by molar-refractivity contribution is 5.46. The van der Waals surface area contributed by atoms with Gasteiger partial charge in [-0.25, -0.2) is 0 Å². The van der Waals surface area contributed by atoms with Gasteiger partial charge in [0.15, 0.2) is 0 Å². The van der Waals surface area contributed by atoms with Crippen LogP contribution in [0.25, 0.3) is 0 Å². The van der Waals surface area contributed by atoms with Gasteiger partial charge in [-0.3, -0.25) is 0 Å². The molecular formula is C12H20N4O2. The maximum Gasteiger partial charge on any atom is 0.225 e. The summed E-state index contributed by atoms with van der Waals surface area (Å²) in [5.41, 5.74) is 5.68. The van der Waals surface area contributed by atoms with Crippen molar-refractivity contribution in [1.29, 1.82) is 0 Å². The van der Waals surface area contributed by atoms with Crippen LogP contribution in [-0.4, -0.2) is 43.4 Å². The van der Waals surface area contributed by atoms with Crippen molar-refractivity contribution in [1.82, 2.24) is 9.97 Å².